The fourth-order valence-electron chi connectivity index (χ4n) is 6.90. The van der Waals surface area contributed by atoms with Gasteiger partial charge in [-0.15, -0.1) is 0 Å². The van der Waals surface area contributed by atoms with Crippen LogP contribution in [-0.2, 0) is 4.79 Å². The highest BCUT2D eigenvalue weighted by atomic mass is 16.5. The number of nitrogens with zero attached hydrogens (tertiary/aromatic N) is 3. The summed E-state index contributed by atoms with van der Waals surface area (Å²) in [6.07, 6.45) is 11.5. The molecule has 6 rings (SSSR count). The second-order valence-corrected chi connectivity index (χ2v) is 12.2. The number of benzene rings is 2. The average molecular weight is 543 g/mol. The van der Waals surface area contributed by atoms with Crippen molar-refractivity contribution in [2.45, 2.75) is 95.1 Å². The molecule has 2 N–H and O–H groups in total. The van der Waals surface area contributed by atoms with Crippen molar-refractivity contribution in [3.05, 3.63) is 71.3 Å². The first kappa shape index (κ1) is 27.0. The summed E-state index contributed by atoms with van der Waals surface area (Å²) in [7, 11) is 1.69. The van der Waals surface area contributed by atoms with Crippen molar-refractivity contribution in [1.82, 2.24) is 20.1 Å². The minimum atomic E-state index is -0.472. The summed E-state index contributed by atoms with van der Waals surface area (Å²) < 4.78 is 7.30. The highest BCUT2D eigenvalue weighted by Crippen LogP contribution is 2.43. The molecule has 2 aromatic carbocycles. The lowest BCUT2D eigenvalue weighted by Gasteiger charge is -2.38. The summed E-state index contributed by atoms with van der Waals surface area (Å²) in [5, 5.41) is 19.6. The largest absolute Gasteiger partial charge is 0.496 e. The van der Waals surface area contributed by atoms with E-state index in [1.54, 1.807) is 13.4 Å². The Labute approximate surface area is 237 Å². The van der Waals surface area contributed by atoms with Crippen LogP contribution < -0.4 is 10.1 Å². The molecule has 0 radical (unpaired) electrons. The van der Waals surface area contributed by atoms with Crippen LogP contribution in [0.5, 0.6) is 5.75 Å². The molecule has 1 amide bonds. The first-order valence-corrected chi connectivity index (χ1v) is 15.1. The average Bonchev–Trinajstić information content (AvgIpc) is 3.72. The Balaban J connectivity index is 1.24. The minimum absolute atomic E-state index is 0.0814. The molecule has 1 heterocycles. The molecule has 40 heavy (non-hydrogen) atoms. The summed E-state index contributed by atoms with van der Waals surface area (Å²) >= 11 is 0. The smallest absolute Gasteiger partial charge is 0.223 e. The van der Waals surface area contributed by atoms with Gasteiger partial charge in [0.1, 0.15) is 12.1 Å². The maximum atomic E-state index is 13.5. The standard InChI is InChI=1S/C33H42N4O3/c1-21-17-24(14-16-30(21)40-2)28-15-13-26(19-29(28)38)31(35-33(39)23-7-4-3-5-8-23)25-9-6-10-27(18-25)37-20-34-32(36-37)22-11-12-22/h6,9-10,14,16-18,20,22-23,26,28-29,31,38H,3-5,7-8,11-13,15,19H2,1-2H3,(H,35,39). The molecule has 0 spiro atoms. The van der Waals surface area contributed by atoms with Crippen LogP contribution in [0.25, 0.3) is 5.69 Å². The third-order valence-electron chi connectivity index (χ3n) is 9.40. The summed E-state index contributed by atoms with van der Waals surface area (Å²) in [6, 6.07) is 14.4. The number of aromatic nitrogens is 3. The molecule has 1 aromatic heterocycles. The fraction of sp³-hybridized carbons (Fsp3) is 0.545. The lowest BCUT2D eigenvalue weighted by molar-refractivity contribution is -0.127. The van der Waals surface area contributed by atoms with E-state index in [1.807, 2.05) is 29.8 Å². The van der Waals surface area contributed by atoms with Gasteiger partial charge >= 0.3 is 0 Å². The molecule has 7 heteroatoms. The molecule has 3 fully saturated rings. The van der Waals surface area contributed by atoms with E-state index in [2.05, 4.69) is 34.6 Å². The third kappa shape index (κ3) is 5.80. The summed E-state index contributed by atoms with van der Waals surface area (Å²) in [5.41, 5.74) is 4.27. The zero-order valence-electron chi connectivity index (χ0n) is 23.8. The molecule has 3 aromatic rings. The minimum Gasteiger partial charge on any atom is -0.496 e. The molecular weight excluding hydrogens is 500 g/mol. The number of rotatable bonds is 8. The number of carbonyl (C=O) groups is 1. The molecule has 3 saturated carbocycles. The Kier molecular flexibility index (Phi) is 7.92. The monoisotopic (exact) mass is 542 g/mol. The SMILES string of the molecule is COc1ccc(C2CCC(C(NC(=O)C3CCCCC3)c3cccc(-n4cnc(C5CC5)n4)c3)CC2O)cc1C. The van der Waals surface area contributed by atoms with Crippen molar-refractivity contribution in [2.24, 2.45) is 11.8 Å². The first-order chi connectivity index (χ1) is 19.5. The predicted octanol–water partition coefficient (Wildman–Crippen LogP) is 6.14. The molecule has 7 nitrogen and oxygen atoms in total. The first-order valence-electron chi connectivity index (χ1n) is 15.1. The van der Waals surface area contributed by atoms with E-state index in [0.29, 0.717) is 12.3 Å². The van der Waals surface area contributed by atoms with E-state index in [0.717, 1.165) is 72.5 Å². The fourth-order valence-corrected chi connectivity index (χ4v) is 6.90. The zero-order valence-corrected chi connectivity index (χ0v) is 23.8. The van der Waals surface area contributed by atoms with Gasteiger partial charge in [0.05, 0.1) is 24.9 Å². The molecule has 212 valence electrons. The number of hydrogen-bond donors (Lipinski definition) is 2. The second kappa shape index (κ2) is 11.7. The van der Waals surface area contributed by atoms with Crippen molar-refractivity contribution in [3.63, 3.8) is 0 Å². The van der Waals surface area contributed by atoms with Gasteiger partial charge in [0, 0.05) is 17.8 Å². The van der Waals surface area contributed by atoms with Crippen molar-refractivity contribution in [1.29, 1.82) is 0 Å². The molecule has 0 saturated heterocycles. The number of methoxy groups -OCH3 is 1. The summed E-state index contributed by atoms with van der Waals surface area (Å²) in [5.74, 6) is 2.76. The van der Waals surface area contributed by atoms with Gasteiger partial charge < -0.3 is 15.2 Å². The lowest BCUT2D eigenvalue weighted by Crippen LogP contribution is -2.41. The molecular formula is C33H42N4O3. The van der Waals surface area contributed by atoms with Crippen LogP contribution in [0.3, 0.4) is 0 Å². The van der Waals surface area contributed by atoms with E-state index in [1.165, 1.54) is 19.3 Å². The molecule has 0 aliphatic heterocycles. The predicted molar refractivity (Wildman–Crippen MR) is 155 cm³/mol. The van der Waals surface area contributed by atoms with Gasteiger partial charge in [-0.2, -0.15) is 5.10 Å². The molecule has 3 aliphatic carbocycles. The number of carbonyl (C=O) groups excluding carboxylic acids is 1. The van der Waals surface area contributed by atoms with Crippen LogP contribution in [0.4, 0.5) is 0 Å². The number of nitrogens with one attached hydrogen (secondary N) is 1. The van der Waals surface area contributed by atoms with Crippen molar-refractivity contribution < 1.29 is 14.6 Å². The van der Waals surface area contributed by atoms with Gasteiger partial charge in [0.25, 0.3) is 0 Å². The van der Waals surface area contributed by atoms with Gasteiger partial charge in [0.15, 0.2) is 5.82 Å². The number of amides is 1. The third-order valence-corrected chi connectivity index (χ3v) is 9.40. The van der Waals surface area contributed by atoms with Gasteiger partial charge in [-0.25, -0.2) is 9.67 Å². The number of aryl methyl sites for hydroxylation is 1. The van der Waals surface area contributed by atoms with Crippen molar-refractivity contribution in [3.8, 4) is 11.4 Å². The van der Waals surface area contributed by atoms with E-state index >= 15 is 0 Å². The normalized spacial score (nSPS) is 24.4. The van der Waals surface area contributed by atoms with Gasteiger partial charge in [-0.1, -0.05) is 43.5 Å². The van der Waals surface area contributed by atoms with Crippen LogP contribution in [0.1, 0.15) is 105 Å². The van der Waals surface area contributed by atoms with Crippen LogP contribution >= 0.6 is 0 Å². The quantitative estimate of drug-likeness (QED) is 0.357. The van der Waals surface area contributed by atoms with Crippen molar-refractivity contribution in [2.75, 3.05) is 7.11 Å². The van der Waals surface area contributed by atoms with Crippen LogP contribution in [0.15, 0.2) is 48.8 Å². The molecule has 4 unspecified atom stereocenters. The maximum absolute atomic E-state index is 13.5. The number of ether oxygens (including phenoxy) is 1. The van der Waals surface area contributed by atoms with E-state index in [9.17, 15) is 9.90 Å². The highest BCUT2D eigenvalue weighted by molar-refractivity contribution is 5.79. The number of aliphatic hydroxyl groups excluding tert-OH is 1. The van der Waals surface area contributed by atoms with Crippen LogP contribution in [0.2, 0.25) is 0 Å². The Morgan fingerprint density at radius 1 is 1.05 bits per heavy atom. The van der Waals surface area contributed by atoms with Crippen LogP contribution in [-0.4, -0.2) is 39.0 Å². The Morgan fingerprint density at radius 3 is 2.60 bits per heavy atom. The summed E-state index contributed by atoms with van der Waals surface area (Å²) in [6.45, 7) is 2.05. The van der Waals surface area contributed by atoms with E-state index in [4.69, 9.17) is 9.84 Å². The van der Waals surface area contributed by atoms with E-state index in [-0.39, 0.29) is 29.7 Å². The summed E-state index contributed by atoms with van der Waals surface area (Å²) in [4.78, 5) is 18.1. The Bertz CT molecular complexity index is 1330. The van der Waals surface area contributed by atoms with Gasteiger partial charge in [-0.05, 0) is 92.7 Å². The second-order valence-electron chi connectivity index (χ2n) is 12.2. The van der Waals surface area contributed by atoms with E-state index < -0.39 is 6.10 Å². The Morgan fingerprint density at radius 2 is 1.88 bits per heavy atom. The topological polar surface area (TPSA) is 89.3 Å². The Hall–Kier alpha value is -3.19. The van der Waals surface area contributed by atoms with Gasteiger partial charge in [-0.3, -0.25) is 4.79 Å². The highest BCUT2D eigenvalue weighted by Gasteiger charge is 2.37. The van der Waals surface area contributed by atoms with Crippen molar-refractivity contribution >= 4 is 5.91 Å². The lowest BCUT2D eigenvalue weighted by atomic mass is 9.72. The molecule has 4 atom stereocenters. The van der Waals surface area contributed by atoms with Gasteiger partial charge in [0.2, 0.25) is 5.91 Å². The molecule has 0 bridgehead atoms. The number of hydrogen-bond acceptors (Lipinski definition) is 5. The molecule has 3 aliphatic rings. The number of aliphatic hydroxyl groups is 1. The maximum Gasteiger partial charge on any atom is 0.223 e. The van der Waals surface area contributed by atoms with Crippen LogP contribution in [0, 0.1) is 18.8 Å². The zero-order chi connectivity index (χ0) is 27.6.